The number of rotatable bonds is 3. The molecule has 0 bridgehead atoms. The van der Waals surface area contributed by atoms with Crippen molar-refractivity contribution in [1.29, 1.82) is 0 Å². The first kappa shape index (κ1) is 15.7. The molecule has 2 aromatic rings. The van der Waals surface area contributed by atoms with E-state index in [1.165, 1.54) is 0 Å². The monoisotopic (exact) mass is 315 g/mol. The Morgan fingerprint density at radius 3 is 2.32 bits per heavy atom. The molecule has 4 nitrogen and oxygen atoms in total. The first-order chi connectivity index (χ1) is 10.3. The van der Waals surface area contributed by atoms with Crippen molar-refractivity contribution in [2.75, 3.05) is 7.11 Å². The Kier molecular flexibility index (Phi) is 4.30. The summed E-state index contributed by atoms with van der Waals surface area (Å²) in [6.45, 7) is 0. The van der Waals surface area contributed by atoms with Gasteiger partial charge < -0.3 is 9.47 Å². The highest BCUT2D eigenvalue weighted by Crippen LogP contribution is 2.31. The third-order valence-electron chi connectivity index (χ3n) is 2.62. The van der Waals surface area contributed by atoms with Crippen LogP contribution in [0.4, 0.5) is 17.6 Å². The minimum absolute atomic E-state index is 0.0229. The molecule has 0 aliphatic carbocycles. The molecule has 1 heterocycles. The molecule has 0 aliphatic rings. The molecule has 2 rings (SSSR count). The molecule has 1 aromatic carbocycles. The standard InChI is InChI=1S/C14H9F4NO3/c1-21-13(20)8-6-11(15)12(19-7-8)22-10-4-2-9(3-5-10)14(16,17)18/h2-7H,1H3. The lowest BCUT2D eigenvalue weighted by Gasteiger charge is -2.09. The van der Waals surface area contributed by atoms with Gasteiger partial charge in [0.1, 0.15) is 5.75 Å². The summed E-state index contributed by atoms with van der Waals surface area (Å²) >= 11 is 0. The van der Waals surface area contributed by atoms with E-state index in [4.69, 9.17) is 4.74 Å². The van der Waals surface area contributed by atoms with Gasteiger partial charge in [-0.25, -0.2) is 14.2 Å². The zero-order valence-corrected chi connectivity index (χ0v) is 11.1. The van der Waals surface area contributed by atoms with E-state index in [0.717, 1.165) is 43.6 Å². The van der Waals surface area contributed by atoms with E-state index < -0.39 is 29.4 Å². The Labute approximate surface area is 122 Å². The quantitative estimate of drug-likeness (QED) is 0.638. The van der Waals surface area contributed by atoms with E-state index in [9.17, 15) is 22.4 Å². The van der Waals surface area contributed by atoms with Gasteiger partial charge in [-0.05, 0) is 30.3 Å². The summed E-state index contributed by atoms with van der Waals surface area (Å²) in [5.41, 5.74) is -0.964. The average molecular weight is 315 g/mol. The minimum Gasteiger partial charge on any atom is -0.465 e. The Morgan fingerprint density at radius 2 is 1.82 bits per heavy atom. The number of alkyl halides is 3. The van der Waals surface area contributed by atoms with Gasteiger partial charge in [0.15, 0.2) is 5.82 Å². The molecule has 0 radical (unpaired) electrons. The molecule has 0 spiro atoms. The Balaban J connectivity index is 2.19. The van der Waals surface area contributed by atoms with Crippen molar-refractivity contribution >= 4 is 5.97 Å². The number of pyridine rings is 1. The Hall–Kier alpha value is -2.64. The number of nitrogens with zero attached hydrogens (tertiary/aromatic N) is 1. The van der Waals surface area contributed by atoms with Crippen LogP contribution >= 0.6 is 0 Å². The SMILES string of the molecule is COC(=O)c1cnc(Oc2ccc(C(F)(F)F)cc2)c(F)c1. The van der Waals surface area contributed by atoms with E-state index in [-0.39, 0.29) is 11.3 Å². The summed E-state index contributed by atoms with van der Waals surface area (Å²) < 4.78 is 60.4. The number of halogens is 4. The molecule has 0 amide bonds. The van der Waals surface area contributed by atoms with Crippen LogP contribution in [0.15, 0.2) is 36.5 Å². The highest BCUT2D eigenvalue weighted by atomic mass is 19.4. The van der Waals surface area contributed by atoms with E-state index in [0.29, 0.717) is 0 Å². The van der Waals surface area contributed by atoms with Gasteiger partial charge in [0.05, 0.1) is 18.2 Å². The van der Waals surface area contributed by atoms with E-state index in [1.54, 1.807) is 0 Å². The van der Waals surface area contributed by atoms with Crippen molar-refractivity contribution in [1.82, 2.24) is 4.98 Å². The number of hydrogen-bond acceptors (Lipinski definition) is 4. The molecule has 0 saturated heterocycles. The third kappa shape index (κ3) is 3.51. The average Bonchev–Trinajstić information content (AvgIpc) is 2.48. The summed E-state index contributed by atoms with van der Waals surface area (Å²) in [5.74, 6) is -2.20. The maximum Gasteiger partial charge on any atom is 0.416 e. The smallest absolute Gasteiger partial charge is 0.416 e. The van der Waals surface area contributed by atoms with Gasteiger partial charge in [0.25, 0.3) is 5.88 Å². The second kappa shape index (κ2) is 6.00. The van der Waals surface area contributed by atoms with Crippen molar-refractivity contribution in [2.45, 2.75) is 6.18 Å². The molecule has 0 unspecified atom stereocenters. The zero-order chi connectivity index (χ0) is 16.3. The molecule has 116 valence electrons. The van der Waals surface area contributed by atoms with Crippen LogP contribution in [0.5, 0.6) is 11.6 Å². The van der Waals surface area contributed by atoms with Crippen LogP contribution in [0, 0.1) is 5.82 Å². The second-order valence-electron chi connectivity index (χ2n) is 4.13. The van der Waals surface area contributed by atoms with Crippen LogP contribution in [0.2, 0.25) is 0 Å². The number of esters is 1. The largest absolute Gasteiger partial charge is 0.465 e. The summed E-state index contributed by atoms with van der Waals surface area (Å²) in [7, 11) is 1.13. The van der Waals surface area contributed by atoms with Crippen molar-refractivity contribution in [3.8, 4) is 11.6 Å². The normalized spacial score (nSPS) is 11.1. The fourth-order valence-electron chi connectivity index (χ4n) is 1.55. The number of carbonyl (C=O) groups is 1. The molecule has 8 heteroatoms. The highest BCUT2D eigenvalue weighted by molar-refractivity contribution is 5.88. The van der Waals surface area contributed by atoms with Gasteiger partial charge in [-0.3, -0.25) is 0 Å². The summed E-state index contributed by atoms with van der Waals surface area (Å²) in [6.07, 6.45) is -3.43. The van der Waals surface area contributed by atoms with Crippen LogP contribution in [0.1, 0.15) is 15.9 Å². The van der Waals surface area contributed by atoms with Gasteiger partial charge in [0.2, 0.25) is 0 Å². The lowest BCUT2D eigenvalue weighted by Crippen LogP contribution is -2.05. The molecular formula is C14H9F4NO3. The first-order valence-electron chi connectivity index (χ1n) is 5.90. The predicted octanol–water partition coefficient (Wildman–Crippen LogP) is 3.82. The van der Waals surface area contributed by atoms with Crippen molar-refractivity contribution in [3.63, 3.8) is 0 Å². The second-order valence-corrected chi connectivity index (χ2v) is 4.13. The predicted molar refractivity (Wildman–Crippen MR) is 67.1 cm³/mol. The molecule has 1 aromatic heterocycles. The zero-order valence-electron chi connectivity index (χ0n) is 11.1. The fourth-order valence-corrected chi connectivity index (χ4v) is 1.55. The first-order valence-corrected chi connectivity index (χ1v) is 5.90. The number of benzene rings is 1. The van der Waals surface area contributed by atoms with Crippen molar-refractivity contribution in [2.24, 2.45) is 0 Å². The fraction of sp³-hybridized carbons (Fsp3) is 0.143. The van der Waals surface area contributed by atoms with E-state index >= 15 is 0 Å². The Bertz CT molecular complexity index is 683. The Morgan fingerprint density at radius 1 is 1.18 bits per heavy atom. The number of aromatic nitrogens is 1. The summed E-state index contributed by atoms with van der Waals surface area (Å²) in [4.78, 5) is 14.8. The molecule has 0 N–H and O–H groups in total. The van der Waals surface area contributed by atoms with E-state index in [2.05, 4.69) is 9.72 Å². The number of hydrogen-bond donors (Lipinski definition) is 0. The van der Waals surface area contributed by atoms with Gasteiger partial charge in [-0.2, -0.15) is 13.2 Å². The van der Waals surface area contributed by atoms with Crippen LogP contribution in [0.3, 0.4) is 0 Å². The topological polar surface area (TPSA) is 48.4 Å². The van der Waals surface area contributed by atoms with Crippen LogP contribution < -0.4 is 4.74 Å². The molecular weight excluding hydrogens is 306 g/mol. The van der Waals surface area contributed by atoms with E-state index in [1.807, 2.05) is 0 Å². The number of ether oxygens (including phenoxy) is 2. The van der Waals surface area contributed by atoms with Crippen LogP contribution in [-0.2, 0) is 10.9 Å². The van der Waals surface area contributed by atoms with Crippen LogP contribution in [-0.4, -0.2) is 18.1 Å². The minimum atomic E-state index is -4.47. The molecule has 22 heavy (non-hydrogen) atoms. The maximum absolute atomic E-state index is 13.7. The van der Waals surface area contributed by atoms with Crippen molar-refractivity contribution < 1.29 is 31.8 Å². The van der Waals surface area contributed by atoms with Gasteiger partial charge in [-0.1, -0.05) is 0 Å². The lowest BCUT2D eigenvalue weighted by molar-refractivity contribution is -0.137. The number of carbonyl (C=O) groups excluding carboxylic acids is 1. The highest BCUT2D eigenvalue weighted by Gasteiger charge is 2.30. The number of methoxy groups -OCH3 is 1. The molecule has 0 aliphatic heterocycles. The van der Waals surface area contributed by atoms with Gasteiger partial charge in [-0.15, -0.1) is 0 Å². The maximum atomic E-state index is 13.7. The summed E-state index contributed by atoms with van der Waals surface area (Å²) in [6, 6.07) is 4.54. The van der Waals surface area contributed by atoms with Crippen LogP contribution in [0.25, 0.3) is 0 Å². The summed E-state index contributed by atoms with van der Waals surface area (Å²) in [5, 5.41) is 0. The van der Waals surface area contributed by atoms with Crippen molar-refractivity contribution in [3.05, 3.63) is 53.5 Å². The molecule has 0 fully saturated rings. The molecule has 0 saturated carbocycles. The van der Waals surface area contributed by atoms with Gasteiger partial charge >= 0.3 is 12.1 Å². The third-order valence-corrected chi connectivity index (χ3v) is 2.62. The van der Waals surface area contributed by atoms with Gasteiger partial charge in [0, 0.05) is 6.20 Å². The lowest BCUT2D eigenvalue weighted by atomic mass is 10.2. The molecule has 0 atom stereocenters.